The quantitative estimate of drug-likeness (QED) is 0.622. The first-order valence-electron chi connectivity index (χ1n) is 11.9. The monoisotopic (exact) mass is 469 g/mol. The van der Waals surface area contributed by atoms with E-state index in [2.05, 4.69) is 46.5 Å². The number of amides is 2. The van der Waals surface area contributed by atoms with Gasteiger partial charge in [0.15, 0.2) is 17.4 Å². The van der Waals surface area contributed by atoms with Gasteiger partial charge in [-0.1, -0.05) is 13.0 Å². The number of nitrogens with one attached hydrogen (secondary N) is 2. The summed E-state index contributed by atoms with van der Waals surface area (Å²) in [7, 11) is 0. The van der Waals surface area contributed by atoms with Gasteiger partial charge in [0.1, 0.15) is 0 Å². The van der Waals surface area contributed by atoms with E-state index in [1.54, 1.807) is 12.1 Å². The zero-order valence-electron chi connectivity index (χ0n) is 19.9. The normalized spacial score (nSPS) is 23.7. The van der Waals surface area contributed by atoms with Crippen molar-refractivity contribution < 1.29 is 14.3 Å². The van der Waals surface area contributed by atoms with Gasteiger partial charge in [0.2, 0.25) is 0 Å². The number of piperazine rings is 2. The predicted octanol–water partition coefficient (Wildman–Crippen LogP) is 2.49. The average molecular weight is 470 g/mol. The third kappa shape index (κ3) is 3.60. The zero-order chi connectivity index (χ0) is 24.1. The fourth-order valence-electron chi connectivity index (χ4n) is 5.42. The average Bonchev–Trinajstić information content (AvgIpc) is 2.84. The summed E-state index contributed by atoms with van der Waals surface area (Å²) < 4.78 is 13.9. The number of fused-ring (bicyclic) bond motifs is 3. The van der Waals surface area contributed by atoms with Crippen LogP contribution < -0.4 is 15.5 Å². The van der Waals surface area contributed by atoms with E-state index in [-0.39, 0.29) is 17.1 Å². The molecule has 1 aromatic carbocycles. The molecule has 3 aliphatic rings. The van der Waals surface area contributed by atoms with Gasteiger partial charge in [0, 0.05) is 51.4 Å². The molecule has 34 heavy (non-hydrogen) atoms. The number of halogens is 1. The molecule has 0 spiro atoms. The number of hydrogen-bond acceptors (Lipinski definition) is 7. The largest absolute Gasteiger partial charge is 0.504 e. The highest BCUT2D eigenvalue weighted by molar-refractivity contribution is 5.79. The van der Waals surface area contributed by atoms with Crippen molar-refractivity contribution in [1.29, 1.82) is 0 Å². The fraction of sp³-hybridized carbons (Fsp3) is 0.542. The molecule has 1 unspecified atom stereocenters. The van der Waals surface area contributed by atoms with Crippen LogP contribution in [0.5, 0.6) is 5.75 Å². The van der Waals surface area contributed by atoms with Crippen molar-refractivity contribution in [3.8, 4) is 17.0 Å². The van der Waals surface area contributed by atoms with E-state index in [0.29, 0.717) is 49.8 Å². The lowest BCUT2D eigenvalue weighted by Crippen LogP contribution is -2.70. The highest BCUT2D eigenvalue weighted by Crippen LogP contribution is 2.41. The summed E-state index contributed by atoms with van der Waals surface area (Å²) in [4.78, 5) is 19.8. The number of phenolic OH excluding ortho intramolecular Hbond substituents is 1. The van der Waals surface area contributed by atoms with E-state index < -0.39 is 11.6 Å². The number of benzene rings is 1. The van der Waals surface area contributed by atoms with Gasteiger partial charge >= 0.3 is 6.03 Å². The van der Waals surface area contributed by atoms with Crippen LogP contribution in [0, 0.1) is 5.82 Å². The molecule has 5 rings (SSSR count). The standard InChI is InChI=1S/C24H32FN7O2/c1-4-24-14-27-21-19(12-18(28-29-21)16-6-5-7-17(25)20(16)33)31(24)11-10-30(15-24)22(34)32-9-8-26-13-23(32,2)3/h5-7,12,26,33H,4,8-11,13-15H2,1-3H3,(H,27,29). The Bertz CT molecular complexity index is 1110. The van der Waals surface area contributed by atoms with E-state index >= 15 is 0 Å². The second-order valence-electron chi connectivity index (χ2n) is 10.0. The van der Waals surface area contributed by atoms with Gasteiger partial charge in [-0.25, -0.2) is 9.18 Å². The molecule has 2 aromatic rings. The summed E-state index contributed by atoms with van der Waals surface area (Å²) in [6, 6.07) is 6.32. The van der Waals surface area contributed by atoms with Crippen LogP contribution in [0.4, 0.5) is 20.7 Å². The van der Waals surface area contributed by atoms with Crippen LogP contribution in [0.25, 0.3) is 11.3 Å². The smallest absolute Gasteiger partial charge is 0.320 e. The van der Waals surface area contributed by atoms with Gasteiger partial charge in [-0.05, 0) is 38.5 Å². The summed E-state index contributed by atoms with van der Waals surface area (Å²) in [6.07, 6.45) is 0.830. The van der Waals surface area contributed by atoms with Gasteiger partial charge in [-0.3, -0.25) is 0 Å². The Hall–Kier alpha value is -3.14. The lowest BCUT2D eigenvalue weighted by Gasteiger charge is -2.55. The maximum Gasteiger partial charge on any atom is 0.320 e. The van der Waals surface area contributed by atoms with Gasteiger partial charge in [-0.15, -0.1) is 10.2 Å². The molecule has 2 saturated heterocycles. The van der Waals surface area contributed by atoms with Gasteiger partial charge in [-0.2, -0.15) is 0 Å². The molecular formula is C24H32FN7O2. The van der Waals surface area contributed by atoms with Crippen LogP contribution in [0.1, 0.15) is 27.2 Å². The van der Waals surface area contributed by atoms with Crippen LogP contribution in [0.2, 0.25) is 0 Å². The fourth-order valence-corrected chi connectivity index (χ4v) is 5.42. The van der Waals surface area contributed by atoms with Crippen molar-refractivity contribution in [1.82, 2.24) is 25.3 Å². The Kier molecular flexibility index (Phi) is 5.50. The minimum absolute atomic E-state index is 0.0861. The summed E-state index contributed by atoms with van der Waals surface area (Å²) in [5, 5.41) is 25.6. The molecule has 0 bridgehead atoms. The first kappa shape index (κ1) is 22.6. The van der Waals surface area contributed by atoms with Crippen molar-refractivity contribution in [3.63, 3.8) is 0 Å². The van der Waals surface area contributed by atoms with E-state index in [1.807, 2.05) is 15.9 Å². The molecule has 1 atom stereocenters. The lowest BCUT2D eigenvalue weighted by molar-refractivity contribution is 0.0717. The van der Waals surface area contributed by atoms with Crippen LogP contribution in [0.15, 0.2) is 24.3 Å². The SMILES string of the molecule is CCC12CNc3nnc(-c4cccc(F)c4O)cc3N1CCN(C(=O)N1CCNCC1(C)C)C2. The molecule has 0 aliphatic carbocycles. The Morgan fingerprint density at radius 1 is 1.21 bits per heavy atom. The Morgan fingerprint density at radius 2 is 2.03 bits per heavy atom. The Balaban J connectivity index is 1.45. The van der Waals surface area contributed by atoms with Crippen LogP contribution in [0.3, 0.4) is 0 Å². The van der Waals surface area contributed by atoms with Crippen molar-refractivity contribution in [2.45, 2.75) is 38.3 Å². The maximum atomic E-state index is 13.9. The minimum atomic E-state index is -0.694. The molecule has 182 valence electrons. The van der Waals surface area contributed by atoms with Crippen molar-refractivity contribution >= 4 is 17.5 Å². The van der Waals surface area contributed by atoms with Crippen LogP contribution in [-0.2, 0) is 0 Å². The van der Waals surface area contributed by atoms with E-state index in [4.69, 9.17) is 0 Å². The number of aromatic hydroxyl groups is 1. The van der Waals surface area contributed by atoms with Gasteiger partial charge < -0.3 is 30.4 Å². The van der Waals surface area contributed by atoms with E-state index in [1.165, 1.54) is 6.07 Å². The molecule has 3 N–H and O–H groups in total. The third-order valence-electron chi connectivity index (χ3n) is 7.52. The molecule has 2 fully saturated rings. The predicted molar refractivity (Wildman–Crippen MR) is 129 cm³/mol. The summed E-state index contributed by atoms with van der Waals surface area (Å²) in [6.45, 7) is 11.1. The topological polar surface area (TPSA) is 96.9 Å². The number of para-hydroxylation sites is 1. The second-order valence-corrected chi connectivity index (χ2v) is 10.0. The van der Waals surface area contributed by atoms with Crippen LogP contribution >= 0.6 is 0 Å². The van der Waals surface area contributed by atoms with Gasteiger partial charge in [0.25, 0.3) is 0 Å². The number of nitrogens with zero attached hydrogens (tertiary/aromatic N) is 5. The lowest BCUT2D eigenvalue weighted by atomic mass is 9.87. The molecular weight excluding hydrogens is 437 g/mol. The zero-order valence-corrected chi connectivity index (χ0v) is 19.9. The summed E-state index contributed by atoms with van der Waals surface area (Å²) in [5.74, 6) is -0.468. The number of hydrogen-bond donors (Lipinski definition) is 3. The maximum absolute atomic E-state index is 13.9. The van der Waals surface area contributed by atoms with Crippen molar-refractivity contribution in [2.24, 2.45) is 0 Å². The molecule has 9 nitrogen and oxygen atoms in total. The minimum Gasteiger partial charge on any atom is -0.504 e. The van der Waals surface area contributed by atoms with Crippen LogP contribution in [-0.4, -0.2) is 88.0 Å². The van der Waals surface area contributed by atoms with Crippen molar-refractivity contribution in [3.05, 3.63) is 30.1 Å². The number of urea groups is 1. The van der Waals surface area contributed by atoms with Crippen molar-refractivity contribution in [2.75, 3.05) is 56.0 Å². The molecule has 4 heterocycles. The number of phenols is 1. The highest BCUT2D eigenvalue weighted by atomic mass is 19.1. The van der Waals surface area contributed by atoms with E-state index in [9.17, 15) is 14.3 Å². The number of carbonyl (C=O) groups is 1. The second kappa shape index (κ2) is 8.26. The number of anilines is 2. The third-order valence-corrected chi connectivity index (χ3v) is 7.52. The molecule has 0 saturated carbocycles. The first-order chi connectivity index (χ1) is 16.3. The number of rotatable bonds is 2. The molecule has 0 radical (unpaired) electrons. The Labute approximate surface area is 198 Å². The number of aromatic nitrogens is 2. The first-order valence-corrected chi connectivity index (χ1v) is 11.9. The molecule has 10 heteroatoms. The summed E-state index contributed by atoms with van der Waals surface area (Å²) >= 11 is 0. The van der Waals surface area contributed by atoms with E-state index in [0.717, 1.165) is 25.2 Å². The molecule has 3 aliphatic heterocycles. The molecule has 1 aromatic heterocycles. The Morgan fingerprint density at radius 3 is 2.79 bits per heavy atom. The summed E-state index contributed by atoms with van der Waals surface area (Å²) in [5.41, 5.74) is 1.03. The molecule has 2 amide bonds. The number of carbonyl (C=O) groups excluding carboxylic acids is 1. The van der Waals surface area contributed by atoms with Gasteiger partial charge in [0.05, 0.1) is 22.5 Å². The highest BCUT2D eigenvalue weighted by Gasteiger charge is 2.47.